The number of fused-ring (bicyclic) bond motifs is 2. The number of anilines is 1. The van der Waals surface area contributed by atoms with E-state index >= 15 is 0 Å². The minimum atomic E-state index is -0.304. The predicted octanol–water partition coefficient (Wildman–Crippen LogP) is 2.58. The van der Waals surface area contributed by atoms with Crippen LogP contribution in [0.2, 0.25) is 0 Å². The van der Waals surface area contributed by atoms with Crippen molar-refractivity contribution in [1.29, 1.82) is 0 Å². The highest BCUT2D eigenvalue weighted by molar-refractivity contribution is 6.07. The number of nitrogens with one attached hydrogen (secondary N) is 3. The molecule has 7 heteroatoms. The quantitative estimate of drug-likeness (QED) is 0.506. The first kappa shape index (κ1) is 13.2. The Labute approximate surface area is 130 Å². The van der Waals surface area contributed by atoms with Crippen molar-refractivity contribution < 1.29 is 4.79 Å². The Balaban J connectivity index is 1.96. The average molecular weight is 304 g/mol. The van der Waals surface area contributed by atoms with Crippen molar-refractivity contribution >= 4 is 22.8 Å². The van der Waals surface area contributed by atoms with E-state index in [0.717, 1.165) is 22.3 Å². The number of hydrogen-bond acceptors (Lipinski definition) is 4. The molecule has 7 nitrogen and oxygen atoms in total. The Hall–Kier alpha value is -3.48. The monoisotopic (exact) mass is 304 g/mol. The van der Waals surface area contributed by atoms with E-state index in [1.54, 1.807) is 18.6 Å². The van der Waals surface area contributed by atoms with Crippen molar-refractivity contribution in [2.45, 2.75) is 0 Å². The van der Waals surface area contributed by atoms with Crippen LogP contribution in [0.15, 0.2) is 49.4 Å². The first-order valence-electron chi connectivity index (χ1n) is 6.96. The van der Waals surface area contributed by atoms with Gasteiger partial charge in [-0.25, -0.2) is 15.0 Å². The van der Waals surface area contributed by atoms with Crippen LogP contribution in [-0.4, -0.2) is 30.8 Å². The minimum Gasteiger partial charge on any atom is -0.351 e. The van der Waals surface area contributed by atoms with Crippen molar-refractivity contribution in [1.82, 2.24) is 24.9 Å². The first-order chi connectivity index (χ1) is 11.3. The zero-order valence-electron chi connectivity index (χ0n) is 12.0. The van der Waals surface area contributed by atoms with Gasteiger partial charge in [-0.2, -0.15) is 0 Å². The molecule has 0 fully saturated rings. The van der Waals surface area contributed by atoms with Gasteiger partial charge in [0.1, 0.15) is 11.5 Å². The molecule has 112 valence electrons. The maximum atomic E-state index is 11.7. The van der Waals surface area contributed by atoms with E-state index in [1.807, 2.05) is 18.2 Å². The van der Waals surface area contributed by atoms with Crippen LogP contribution in [0, 0.1) is 0 Å². The van der Waals surface area contributed by atoms with Crippen LogP contribution in [0.25, 0.3) is 33.8 Å². The van der Waals surface area contributed by atoms with Gasteiger partial charge in [-0.05, 0) is 24.3 Å². The fourth-order valence-electron chi connectivity index (χ4n) is 2.53. The number of hydrogen-bond donors (Lipinski definition) is 3. The number of nitrogens with zero attached hydrogens (tertiary/aromatic N) is 3. The van der Waals surface area contributed by atoms with Crippen LogP contribution in [0.3, 0.4) is 0 Å². The molecule has 2 aliphatic rings. The van der Waals surface area contributed by atoms with Crippen LogP contribution < -0.4 is 5.32 Å². The number of amides is 1. The second-order valence-electron chi connectivity index (χ2n) is 4.95. The number of carbonyl (C=O) groups excluding carboxylic acids is 1. The van der Waals surface area contributed by atoms with E-state index in [0.29, 0.717) is 17.3 Å². The van der Waals surface area contributed by atoms with Gasteiger partial charge in [0.15, 0.2) is 5.82 Å². The summed E-state index contributed by atoms with van der Waals surface area (Å²) in [4.78, 5) is 30.9. The van der Waals surface area contributed by atoms with Gasteiger partial charge in [-0.3, -0.25) is 4.79 Å². The first-order valence-corrected chi connectivity index (χ1v) is 6.96. The van der Waals surface area contributed by atoms with E-state index in [-0.39, 0.29) is 5.91 Å². The van der Waals surface area contributed by atoms with Gasteiger partial charge >= 0.3 is 0 Å². The highest BCUT2D eigenvalue weighted by atomic mass is 16.1. The van der Waals surface area contributed by atoms with Crippen LogP contribution in [-0.2, 0) is 4.79 Å². The van der Waals surface area contributed by atoms with E-state index in [2.05, 4.69) is 36.8 Å². The Morgan fingerprint density at radius 3 is 2.91 bits per heavy atom. The number of aromatic nitrogens is 5. The van der Waals surface area contributed by atoms with Gasteiger partial charge in [0.25, 0.3) is 0 Å². The van der Waals surface area contributed by atoms with Crippen molar-refractivity contribution in [2.75, 3.05) is 5.32 Å². The van der Waals surface area contributed by atoms with Gasteiger partial charge in [0, 0.05) is 17.8 Å². The standard InChI is InChI=1S/C16H12N6O/c1-2-12(23)21-16-13(9-4-3-6-17-14(9)22-16)11-8-19-15-10(20-11)5-7-18-15/h2-8,20H,1H2,(H,17,22)(H,21,23). The molecule has 2 aromatic rings. The third kappa shape index (κ3) is 2.15. The topological polar surface area (TPSA) is 99.3 Å². The molecule has 0 aliphatic carbocycles. The smallest absolute Gasteiger partial charge is 0.248 e. The molecule has 0 saturated heterocycles. The van der Waals surface area contributed by atoms with Crippen molar-refractivity contribution in [3.63, 3.8) is 0 Å². The van der Waals surface area contributed by atoms with Gasteiger partial charge in [-0.1, -0.05) is 6.58 Å². The minimum absolute atomic E-state index is 0.304. The number of rotatable bonds is 3. The van der Waals surface area contributed by atoms with E-state index in [9.17, 15) is 4.79 Å². The third-order valence-corrected chi connectivity index (χ3v) is 3.54. The highest BCUT2D eigenvalue weighted by Gasteiger charge is 2.17. The van der Waals surface area contributed by atoms with Gasteiger partial charge in [0.2, 0.25) is 5.91 Å². The Morgan fingerprint density at radius 2 is 2.04 bits per heavy atom. The average Bonchev–Trinajstić information content (AvgIpc) is 3.17. The molecule has 0 bridgehead atoms. The second-order valence-corrected chi connectivity index (χ2v) is 4.95. The van der Waals surface area contributed by atoms with E-state index < -0.39 is 0 Å². The molecule has 0 spiro atoms. The fraction of sp³-hybridized carbons (Fsp3) is 0. The van der Waals surface area contributed by atoms with Crippen LogP contribution >= 0.6 is 0 Å². The lowest BCUT2D eigenvalue weighted by molar-refractivity contribution is -0.111. The third-order valence-electron chi connectivity index (χ3n) is 3.54. The largest absolute Gasteiger partial charge is 0.351 e. The molecule has 4 rings (SSSR count). The van der Waals surface area contributed by atoms with Gasteiger partial charge < -0.3 is 15.3 Å². The maximum absolute atomic E-state index is 11.7. The lowest BCUT2D eigenvalue weighted by Gasteiger charge is -2.07. The molecule has 0 aromatic carbocycles. The van der Waals surface area contributed by atoms with Crippen molar-refractivity contribution in [3.05, 3.63) is 49.4 Å². The van der Waals surface area contributed by atoms with Crippen molar-refractivity contribution in [3.8, 4) is 22.8 Å². The molecule has 1 amide bonds. The number of aromatic amines is 2. The maximum Gasteiger partial charge on any atom is 0.248 e. The Morgan fingerprint density at radius 1 is 1.13 bits per heavy atom. The molecular formula is C16H12N6O. The lowest BCUT2D eigenvalue weighted by atomic mass is 10.1. The van der Waals surface area contributed by atoms with Crippen LogP contribution in [0.4, 0.5) is 5.82 Å². The van der Waals surface area contributed by atoms with Crippen molar-refractivity contribution in [2.24, 2.45) is 0 Å². The normalized spacial score (nSPS) is 11.0. The second kappa shape index (κ2) is 5.06. The SMILES string of the molecule is C=CC(=O)Nc1[nH]c2ncccc2c1-c1cnc2nccc-2[nH]1. The zero-order chi connectivity index (χ0) is 15.8. The Kier molecular flexibility index (Phi) is 2.90. The lowest BCUT2D eigenvalue weighted by Crippen LogP contribution is -2.08. The molecule has 2 aliphatic heterocycles. The summed E-state index contributed by atoms with van der Waals surface area (Å²) < 4.78 is 0. The molecule has 0 atom stereocenters. The highest BCUT2D eigenvalue weighted by Crippen LogP contribution is 2.34. The summed E-state index contributed by atoms with van der Waals surface area (Å²) >= 11 is 0. The van der Waals surface area contributed by atoms with E-state index in [4.69, 9.17) is 0 Å². The molecule has 0 saturated carbocycles. The van der Waals surface area contributed by atoms with Gasteiger partial charge in [0.05, 0.1) is 23.1 Å². The van der Waals surface area contributed by atoms with Crippen LogP contribution in [0.1, 0.15) is 0 Å². The van der Waals surface area contributed by atoms with E-state index in [1.165, 1.54) is 6.08 Å². The molecule has 0 radical (unpaired) electrons. The summed E-state index contributed by atoms with van der Waals surface area (Å²) in [7, 11) is 0. The summed E-state index contributed by atoms with van der Waals surface area (Å²) in [5, 5.41) is 3.65. The molecule has 2 aromatic heterocycles. The number of carbonyl (C=O) groups is 1. The molecule has 0 unspecified atom stereocenters. The molecule has 3 N–H and O–H groups in total. The molecule has 23 heavy (non-hydrogen) atoms. The predicted molar refractivity (Wildman–Crippen MR) is 86.9 cm³/mol. The summed E-state index contributed by atoms with van der Waals surface area (Å²) in [5.41, 5.74) is 3.04. The summed E-state index contributed by atoms with van der Waals surface area (Å²) in [6.07, 6.45) is 6.28. The summed E-state index contributed by atoms with van der Waals surface area (Å²) in [6.45, 7) is 3.48. The summed E-state index contributed by atoms with van der Waals surface area (Å²) in [5.74, 6) is 0.880. The number of H-pyrrole nitrogens is 2. The van der Waals surface area contributed by atoms with Gasteiger partial charge in [-0.15, -0.1) is 0 Å². The number of pyridine rings is 1. The zero-order valence-corrected chi connectivity index (χ0v) is 12.0. The molecule has 4 heterocycles. The Bertz CT molecular complexity index is 999. The van der Waals surface area contributed by atoms with Crippen LogP contribution in [0.5, 0.6) is 0 Å². The fourth-order valence-corrected chi connectivity index (χ4v) is 2.53. The summed E-state index contributed by atoms with van der Waals surface area (Å²) in [6, 6.07) is 5.62. The molecular weight excluding hydrogens is 292 g/mol.